The van der Waals surface area contributed by atoms with E-state index >= 15 is 0 Å². The predicted molar refractivity (Wildman–Crippen MR) is 256 cm³/mol. The summed E-state index contributed by atoms with van der Waals surface area (Å²) in [5.41, 5.74) is 18.8. The molecular weight excluding hydrogens is 615 g/mol. The maximum absolute atomic E-state index is 2.47. The van der Waals surface area contributed by atoms with Crippen molar-refractivity contribution < 1.29 is 0 Å². The van der Waals surface area contributed by atoms with E-state index in [2.05, 4.69) is 184 Å². The van der Waals surface area contributed by atoms with E-state index in [1.165, 1.54) is 131 Å². The van der Waals surface area contributed by atoms with Gasteiger partial charge in [0.1, 0.15) is 62.8 Å². The smallest absolute Gasteiger partial charge is 0.101 e. The minimum Gasteiger partial charge on any atom is -0.101 e. The largest absolute Gasteiger partial charge is 0.139 e. The second kappa shape index (κ2) is 12.2. The van der Waals surface area contributed by atoms with Crippen molar-refractivity contribution in [2.75, 3.05) is 0 Å². The Balaban J connectivity index is 1.51. The molecule has 0 N–H and O–H groups in total. The molecule has 0 spiro atoms. The van der Waals surface area contributed by atoms with Crippen LogP contribution in [0.5, 0.6) is 0 Å². The van der Waals surface area contributed by atoms with Gasteiger partial charge in [0.25, 0.3) is 0 Å². The first-order valence-corrected chi connectivity index (χ1v) is 18.6. The molecule has 0 fully saturated rings. The quantitative estimate of drug-likeness (QED) is 0.124. The molecule has 0 saturated carbocycles. The molecule has 52 heavy (non-hydrogen) atoms. The van der Waals surface area contributed by atoms with Crippen LogP contribution in [-0.2, 0) is 0 Å². The van der Waals surface area contributed by atoms with Gasteiger partial charge in [-0.2, -0.15) is 0 Å². The van der Waals surface area contributed by atoms with Crippen LogP contribution in [-0.4, -0.2) is 62.8 Å². The van der Waals surface area contributed by atoms with E-state index < -0.39 is 0 Å². The third kappa shape index (κ3) is 4.73. The van der Waals surface area contributed by atoms with E-state index in [9.17, 15) is 0 Å². The molecule has 0 aromatic heterocycles. The molecule has 0 radical (unpaired) electrons. The van der Waals surface area contributed by atoms with E-state index in [0.717, 1.165) is 0 Å². The van der Waals surface area contributed by atoms with Gasteiger partial charge in [-0.1, -0.05) is 125 Å². The Labute approximate surface area is 313 Å². The zero-order chi connectivity index (χ0) is 36.0. The Bertz CT molecular complexity index is 2920. The highest BCUT2D eigenvalue weighted by Gasteiger charge is 2.26. The molecule has 8 heteroatoms. The summed E-state index contributed by atoms with van der Waals surface area (Å²) in [6.45, 7) is 0. The van der Waals surface area contributed by atoms with Crippen molar-refractivity contribution in [1.82, 2.24) is 0 Å². The van der Waals surface area contributed by atoms with Gasteiger partial charge in [0.2, 0.25) is 0 Å². The monoisotopic (exact) mass is 652 g/mol. The van der Waals surface area contributed by atoms with Crippen LogP contribution < -0.4 is 43.7 Å². The molecule has 9 aromatic rings. The Morgan fingerprint density at radius 1 is 0.269 bits per heavy atom. The SMILES string of the molecule is Bc1c(B)c(B)c2c(-c3cc4ccccc4c4ccccc34)c3c(B)c(B)c(B)c(B)c3c(-c3cccc(-c4ccc5ccccc5c4)c3)c2c1B. The van der Waals surface area contributed by atoms with Crippen LogP contribution in [0.2, 0.25) is 0 Å². The molecule has 0 atom stereocenters. The number of benzene rings is 9. The van der Waals surface area contributed by atoms with Gasteiger partial charge in [-0.05, 0) is 105 Å². The molecule has 0 aliphatic heterocycles. The first kappa shape index (κ1) is 32.7. The maximum Gasteiger partial charge on any atom is 0.139 e. The van der Waals surface area contributed by atoms with Crippen LogP contribution in [0.4, 0.5) is 0 Å². The van der Waals surface area contributed by atoms with Gasteiger partial charge in [-0.25, -0.2) is 0 Å². The number of hydrogen-bond donors (Lipinski definition) is 0. The number of rotatable bonds is 3. The Hall–Kier alpha value is -5.20. The summed E-state index contributed by atoms with van der Waals surface area (Å²) in [6.07, 6.45) is 0. The molecule has 0 aliphatic carbocycles. The lowest BCUT2D eigenvalue weighted by Gasteiger charge is -2.28. The second-order valence-corrected chi connectivity index (χ2v) is 15.1. The highest BCUT2D eigenvalue weighted by molar-refractivity contribution is 6.71. The van der Waals surface area contributed by atoms with E-state index in [0.29, 0.717) is 0 Å². The third-order valence-corrected chi connectivity index (χ3v) is 12.6. The van der Waals surface area contributed by atoms with Gasteiger partial charge < -0.3 is 0 Å². The highest BCUT2D eigenvalue weighted by atomic mass is 14.3. The molecule has 0 nitrogen and oxygen atoms in total. The molecule has 236 valence electrons. The van der Waals surface area contributed by atoms with Gasteiger partial charge in [-0.15, -0.1) is 21.9 Å². The summed E-state index contributed by atoms with van der Waals surface area (Å²) in [7, 11) is 18.7. The van der Waals surface area contributed by atoms with Crippen molar-refractivity contribution >= 4 is 160 Å². The lowest BCUT2D eigenvalue weighted by atomic mass is 9.59. The first-order valence-electron chi connectivity index (χ1n) is 18.6. The molecule has 0 unspecified atom stereocenters. The molecule has 9 aromatic carbocycles. The van der Waals surface area contributed by atoms with Crippen LogP contribution in [0, 0.1) is 0 Å². The first-order chi connectivity index (χ1) is 25.2. The van der Waals surface area contributed by atoms with Gasteiger partial charge in [0.15, 0.2) is 0 Å². The van der Waals surface area contributed by atoms with Crippen LogP contribution in [0.15, 0.2) is 121 Å². The van der Waals surface area contributed by atoms with Crippen LogP contribution in [0.1, 0.15) is 0 Å². The average molecular weight is 651 g/mol. The van der Waals surface area contributed by atoms with Crippen molar-refractivity contribution in [3.05, 3.63) is 121 Å². The summed E-state index contributed by atoms with van der Waals surface area (Å²) < 4.78 is 0. The molecule has 0 saturated heterocycles. The van der Waals surface area contributed by atoms with Crippen molar-refractivity contribution in [1.29, 1.82) is 0 Å². The predicted octanol–water partition coefficient (Wildman–Crippen LogP) is -1.48. The Morgan fingerprint density at radius 2 is 0.731 bits per heavy atom. The topological polar surface area (TPSA) is 0 Å². The average Bonchev–Trinajstić information content (AvgIpc) is 3.19. The molecule has 9 rings (SSSR count). The fourth-order valence-electron chi connectivity index (χ4n) is 9.17. The summed E-state index contributed by atoms with van der Waals surface area (Å²) in [5.74, 6) is 0. The minimum absolute atomic E-state index is 1.24. The maximum atomic E-state index is 2.47. The van der Waals surface area contributed by atoms with Gasteiger partial charge in [-0.3, -0.25) is 0 Å². The standard InChI is InChI=1S/C44H36B8/c45-37-33-31(26-12-7-11-23(19-26)24-17-16-21-8-1-2-9-22(21)18-24)34-36(40(48)44(52)42(50)38(34)46)32(35(33)39(47)43(51)41(37)49)30-20-25-10-3-4-13-27(25)28-14-5-6-15-29(28)30/h1-20H,45-52H2. The second-order valence-electron chi connectivity index (χ2n) is 15.1. The third-order valence-electron chi connectivity index (χ3n) is 12.6. The Kier molecular flexibility index (Phi) is 7.67. The molecular formula is C44H36B8. The Morgan fingerprint density at radius 3 is 1.35 bits per heavy atom. The molecule has 0 aliphatic rings. The van der Waals surface area contributed by atoms with E-state index in [-0.39, 0.29) is 0 Å². The van der Waals surface area contributed by atoms with Gasteiger partial charge in [0, 0.05) is 0 Å². The van der Waals surface area contributed by atoms with E-state index in [1.54, 1.807) is 0 Å². The summed E-state index contributed by atoms with van der Waals surface area (Å²) >= 11 is 0. The van der Waals surface area contributed by atoms with Crippen molar-refractivity contribution in [3.8, 4) is 33.4 Å². The lowest BCUT2D eigenvalue weighted by Crippen LogP contribution is -2.50. The summed E-state index contributed by atoms with van der Waals surface area (Å²) in [4.78, 5) is 0. The van der Waals surface area contributed by atoms with Gasteiger partial charge >= 0.3 is 0 Å². The van der Waals surface area contributed by atoms with E-state index in [1.807, 2.05) is 0 Å². The van der Waals surface area contributed by atoms with E-state index in [4.69, 9.17) is 0 Å². The normalized spacial score (nSPS) is 11.7. The number of fused-ring (bicyclic) bond motifs is 6. The van der Waals surface area contributed by atoms with Crippen LogP contribution >= 0.6 is 0 Å². The highest BCUT2D eigenvalue weighted by Crippen LogP contribution is 2.44. The van der Waals surface area contributed by atoms with Crippen LogP contribution in [0.3, 0.4) is 0 Å². The van der Waals surface area contributed by atoms with Crippen LogP contribution in [0.25, 0.3) is 87.2 Å². The minimum atomic E-state index is 1.24. The van der Waals surface area contributed by atoms with Gasteiger partial charge in [0.05, 0.1) is 0 Å². The zero-order valence-electron chi connectivity index (χ0n) is 31.5. The summed E-state index contributed by atoms with van der Waals surface area (Å²) in [6, 6.07) is 45.2. The van der Waals surface area contributed by atoms with Crippen molar-refractivity contribution in [2.45, 2.75) is 0 Å². The fraction of sp³-hybridized carbons (Fsp3) is 0. The molecule has 0 bridgehead atoms. The molecule has 0 amide bonds. The van der Waals surface area contributed by atoms with Crippen molar-refractivity contribution in [2.24, 2.45) is 0 Å². The number of hydrogen-bond acceptors (Lipinski definition) is 0. The lowest BCUT2D eigenvalue weighted by molar-refractivity contribution is 1.64. The zero-order valence-corrected chi connectivity index (χ0v) is 31.5. The summed E-state index contributed by atoms with van der Waals surface area (Å²) in [5, 5.41) is 13.2. The molecule has 0 heterocycles. The van der Waals surface area contributed by atoms with Crippen molar-refractivity contribution in [3.63, 3.8) is 0 Å². The fourth-order valence-corrected chi connectivity index (χ4v) is 9.17.